The number of likely N-dealkylation sites (N-methyl/N-ethyl adjacent to an activating group) is 1. The maximum Gasteiger partial charge on any atom is 0.265 e. The first kappa shape index (κ1) is 16.8. The summed E-state index contributed by atoms with van der Waals surface area (Å²) >= 11 is 0. The van der Waals surface area contributed by atoms with Crippen LogP contribution in [-0.4, -0.2) is 48.5 Å². The second-order valence-electron chi connectivity index (χ2n) is 6.57. The van der Waals surface area contributed by atoms with Gasteiger partial charge in [-0.05, 0) is 57.5 Å². The first-order chi connectivity index (χ1) is 11.5. The van der Waals surface area contributed by atoms with E-state index < -0.39 is 6.10 Å². The second-order valence-corrected chi connectivity index (χ2v) is 6.57. The highest BCUT2D eigenvalue weighted by Gasteiger charge is 2.29. The number of benzene rings is 1. The monoisotopic (exact) mass is 331 g/mol. The highest BCUT2D eigenvalue weighted by molar-refractivity contribution is 6.04. The second kappa shape index (κ2) is 6.81. The number of rotatable bonds is 4. The molecule has 0 aliphatic carbocycles. The van der Waals surface area contributed by atoms with Crippen LogP contribution in [0.1, 0.15) is 42.6 Å². The van der Waals surface area contributed by atoms with Crippen LogP contribution in [0.15, 0.2) is 12.1 Å². The Balaban J connectivity index is 1.76. The third kappa shape index (κ3) is 3.24. The fourth-order valence-electron chi connectivity index (χ4n) is 3.47. The highest BCUT2D eigenvalue weighted by atomic mass is 16.5. The van der Waals surface area contributed by atoms with E-state index in [2.05, 4.69) is 22.5 Å². The Hall–Kier alpha value is -2.08. The first-order valence-corrected chi connectivity index (χ1v) is 8.64. The van der Waals surface area contributed by atoms with Crippen LogP contribution in [0.25, 0.3) is 0 Å². The molecule has 6 heteroatoms. The number of amides is 2. The van der Waals surface area contributed by atoms with Crippen molar-refractivity contribution in [2.45, 2.75) is 45.8 Å². The minimum absolute atomic E-state index is 0.152. The number of aryl methyl sites for hydroxylation is 1. The normalized spacial score (nSPS) is 23.4. The van der Waals surface area contributed by atoms with Gasteiger partial charge in [-0.2, -0.15) is 0 Å². The average Bonchev–Trinajstić information content (AvgIpc) is 3.01. The zero-order chi connectivity index (χ0) is 17.3. The van der Waals surface area contributed by atoms with Gasteiger partial charge in [0.05, 0.1) is 11.3 Å². The molecule has 0 saturated carbocycles. The standard InChI is InChI=1S/C18H25N3O3/c1-4-21-7-5-6-13(21)10-19-18(23)14-8-11(2)9-15-16(14)24-12(3)17(22)20-15/h8-9,12-13H,4-7,10H2,1-3H3,(H,19,23)(H,20,22). The quantitative estimate of drug-likeness (QED) is 0.884. The van der Waals surface area contributed by atoms with Crippen LogP contribution in [0.3, 0.4) is 0 Å². The third-order valence-electron chi connectivity index (χ3n) is 4.80. The van der Waals surface area contributed by atoms with Crippen molar-refractivity contribution in [2.75, 3.05) is 25.0 Å². The SMILES string of the molecule is CCN1CCCC1CNC(=O)c1cc(C)cc2c1OC(C)C(=O)N2. The van der Waals surface area contributed by atoms with Gasteiger partial charge in [0.25, 0.3) is 11.8 Å². The fourth-order valence-corrected chi connectivity index (χ4v) is 3.47. The fraction of sp³-hybridized carbons (Fsp3) is 0.556. The predicted octanol–water partition coefficient (Wildman–Crippen LogP) is 1.93. The van der Waals surface area contributed by atoms with Crippen molar-refractivity contribution in [1.29, 1.82) is 0 Å². The first-order valence-electron chi connectivity index (χ1n) is 8.64. The summed E-state index contributed by atoms with van der Waals surface area (Å²) in [4.78, 5) is 26.9. The van der Waals surface area contributed by atoms with Crippen LogP contribution < -0.4 is 15.4 Å². The van der Waals surface area contributed by atoms with Crippen LogP contribution in [-0.2, 0) is 4.79 Å². The summed E-state index contributed by atoms with van der Waals surface area (Å²) in [6.07, 6.45) is 1.70. The van der Waals surface area contributed by atoms with Crippen LogP contribution >= 0.6 is 0 Å². The maximum atomic E-state index is 12.7. The molecule has 1 aromatic rings. The van der Waals surface area contributed by atoms with E-state index in [9.17, 15) is 9.59 Å². The van der Waals surface area contributed by atoms with Crippen molar-refractivity contribution in [3.05, 3.63) is 23.3 Å². The number of likely N-dealkylation sites (tertiary alicyclic amines) is 1. The molecule has 2 N–H and O–H groups in total. The topological polar surface area (TPSA) is 70.7 Å². The summed E-state index contributed by atoms with van der Waals surface area (Å²) in [5, 5.41) is 5.84. The summed E-state index contributed by atoms with van der Waals surface area (Å²) in [5.74, 6) is 0.120. The minimum Gasteiger partial charge on any atom is -0.478 e. The molecule has 130 valence electrons. The van der Waals surface area contributed by atoms with Gasteiger partial charge < -0.3 is 15.4 Å². The van der Waals surface area contributed by atoms with E-state index in [0.29, 0.717) is 29.6 Å². The van der Waals surface area contributed by atoms with Crippen LogP contribution in [0.2, 0.25) is 0 Å². The van der Waals surface area contributed by atoms with Gasteiger partial charge in [-0.25, -0.2) is 0 Å². The molecular formula is C18H25N3O3. The number of carbonyl (C=O) groups is 2. The van der Waals surface area contributed by atoms with Crippen LogP contribution in [0, 0.1) is 6.92 Å². The van der Waals surface area contributed by atoms with Gasteiger partial charge in [-0.3, -0.25) is 14.5 Å². The molecule has 24 heavy (non-hydrogen) atoms. The summed E-state index contributed by atoms with van der Waals surface area (Å²) in [6.45, 7) is 8.47. The molecule has 2 atom stereocenters. The van der Waals surface area contributed by atoms with E-state index in [1.165, 1.54) is 6.42 Å². The number of anilines is 1. The summed E-state index contributed by atoms with van der Waals surface area (Å²) in [6, 6.07) is 4.04. The predicted molar refractivity (Wildman–Crippen MR) is 92.5 cm³/mol. The molecule has 2 amide bonds. The highest BCUT2D eigenvalue weighted by Crippen LogP contribution is 2.34. The molecule has 1 saturated heterocycles. The molecule has 0 radical (unpaired) electrons. The Morgan fingerprint density at radius 3 is 3.00 bits per heavy atom. The van der Waals surface area contributed by atoms with Crippen molar-refractivity contribution in [2.24, 2.45) is 0 Å². The van der Waals surface area contributed by atoms with Crippen LogP contribution in [0.5, 0.6) is 5.75 Å². The molecular weight excluding hydrogens is 306 g/mol. The van der Waals surface area contributed by atoms with Crippen molar-refractivity contribution in [3.8, 4) is 5.75 Å². The van der Waals surface area contributed by atoms with Crippen LogP contribution in [0.4, 0.5) is 5.69 Å². The number of nitrogens with one attached hydrogen (secondary N) is 2. The van der Waals surface area contributed by atoms with Gasteiger partial charge in [0.1, 0.15) is 0 Å². The van der Waals surface area contributed by atoms with Gasteiger partial charge in [0.2, 0.25) is 0 Å². The summed E-state index contributed by atoms with van der Waals surface area (Å²) < 4.78 is 5.68. The largest absolute Gasteiger partial charge is 0.478 e. The molecule has 0 bridgehead atoms. The van der Waals surface area contributed by atoms with E-state index in [-0.39, 0.29) is 11.8 Å². The van der Waals surface area contributed by atoms with Crippen molar-refractivity contribution >= 4 is 17.5 Å². The van der Waals surface area contributed by atoms with Gasteiger partial charge in [0, 0.05) is 12.6 Å². The Morgan fingerprint density at radius 2 is 2.25 bits per heavy atom. The number of fused-ring (bicyclic) bond motifs is 1. The lowest BCUT2D eigenvalue weighted by atomic mass is 10.1. The Kier molecular flexibility index (Phi) is 4.76. The van der Waals surface area contributed by atoms with E-state index in [0.717, 1.165) is 25.1 Å². The average molecular weight is 331 g/mol. The Bertz CT molecular complexity index is 659. The molecule has 0 aromatic heterocycles. The number of ether oxygens (including phenoxy) is 1. The molecule has 2 unspecified atom stereocenters. The summed E-state index contributed by atoms with van der Waals surface area (Å²) in [5.41, 5.74) is 1.96. The van der Waals surface area contributed by atoms with E-state index in [4.69, 9.17) is 4.74 Å². The lowest BCUT2D eigenvalue weighted by molar-refractivity contribution is -0.122. The van der Waals surface area contributed by atoms with Gasteiger partial charge in [-0.15, -0.1) is 0 Å². The van der Waals surface area contributed by atoms with Gasteiger partial charge in [-0.1, -0.05) is 6.92 Å². The minimum atomic E-state index is -0.600. The molecule has 2 heterocycles. The molecule has 2 aliphatic rings. The van der Waals surface area contributed by atoms with Crippen molar-refractivity contribution in [1.82, 2.24) is 10.2 Å². The molecule has 1 aromatic carbocycles. The van der Waals surface area contributed by atoms with Gasteiger partial charge in [0.15, 0.2) is 11.9 Å². The smallest absolute Gasteiger partial charge is 0.265 e. The zero-order valence-corrected chi connectivity index (χ0v) is 14.5. The number of hydrogen-bond acceptors (Lipinski definition) is 4. The van der Waals surface area contributed by atoms with E-state index in [1.54, 1.807) is 6.92 Å². The van der Waals surface area contributed by atoms with Crippen molar-refractivity contribution in [3.63, 3.8) is 0 Å². The Morgan fingerprint density at radius 1 is 1.46 bits per heavy atom. The number of carbonyl (C=O) groups excluding carboxylic acids is 2. The molecule has 1 fully saturated rings. The Labute approximate surface area is 142 Å². The lowest BCUT2D eigenvalue weighted by Gasteiger charge is -2.26. The maximum absolute atomic E-state index is 12.7. The van der Waals surface area contributed by atoms with Crippen molar-refractivity contribution < 1.29 is 14.3 Å². The lowest BCUT2D eigenvalue weighted by Crippen LogP contribution is -2.40. The van der Waals surface area contributed by atoms with Gasteiger partial charge >= 0.3 is 0 Å². The van der Waals surface area contributed by atoms with E-state index >= 15 is 0 Å². The summed E-state index contributed by atoms with van der Waals surface area (Å²) in [7, 11) is 0. The third-order valence-corrected chi connectivity index (χ3v) is 4.80. The molecule has 6 nitrogen and oxygen atoms in total. The molecule has 2 aliphatic heterocycles. The number of hydrogen-bond donors (Lipinski definition) is 2. The van der Waals surface area contributed by atoms with E-state index in [1.807, 2.05) is 19.1 Å². The molecule has 3 rings (SSSR count). The zero-order valence-electron chi connectivity index (χ0n) is 14.5. The number of nitrogens with zero attached hydrogens (tertiary/aromatic N) is 1. The molecule has 0 spiro atoms.